The predicted octanol–water partition coefficient (Wildman–Crippen LogP) is 2.91. The maximum absolute atomic E-state index is 11.2. The molecule has 2 aromatic carbocycles. The number of carboxylic acid groups (broad SMARTS) is 1. The summed E-state index contributed by atoms with van der Waals surface area (Å²) < 4.78 is 10.8. The summed E-state index contributed by atoms with van der Waals surface area (Å²) in [6.07, 6.45) is 2.31. The fourth-order valence-electron chi connectivity index (χ4n) is 3.49. The standard InChI is InChI=1S/C20H19N3O4/c1-26-17-8-15-16(9-18(17)27-2)21-11-22-19(15)23-6-5-12-7-13(20(24)25)3-4-14(12)10-23/h3-4,7-9,11H,5-6,10H2,1-2H3,(H,24,25). The van der Waals surface area contributed by atoms with Gasteiger partial charge >= 0.3 is 5.97 Å². The molecule has 138 valence electrons. The van der Waals surface area contributed by atoms with Crippen molar-refractivity contribution >= 4 is 22.7 Å². The van der Waals surface area contributed by atoms with Gasteiger partial charge in [-0.3, -0.25) is 0 Å². The van der Waals surface area contributed by atoms with Gasteiger partial charge in [0.05, 0.1) is 25.3 Å². The van der Waals surface area contributed by atoms with Crippen LogP contribution in [0.25, 0.3) is 10.9 Å². The third kappa shape index (κ3) is 3.01. The molecule has 0 fully saturated rings. The highest BCUT2D eigenvalue weighted by atomic mass is 16.5. The van der Waals surface area contributed by atoms with Gasteiger partial charge in [0.15, 0.2) is 11.5 Å². The summed E-state index contributed by atoms with van der Waals surface area (Å²) in [6.45, 7) is 1.41. The van der Waals surface area contributed by atoms with Crippen LogP contribution in [-0.2, 0) is 13.0 Å². The normalized spacial score (nSPS) is 13.3. The summed E-state index contributed by atoms with van der Waals surface area (Å²) >= 11 is 0. The first kappa shape index (κ1) is 17.1. The Morgan fingerprint density at radius 2 is 1.85 bits per heavy atom. The van der Waals surface area contributed by atoms with Gasteiger partial charge in [0.1, 0.15) is 12.1 Å². The van der Waals surface area contributed by atoms with E-state index in [2.05, 4.69) is 14.9 Å². The first-order chi connectivity index (χ1) is 13.1. The van der Waals surface area contributed by atoms with E-state index in [1.807, 2.05) is 18.2 Å². The number of carboxylic acids is 1. The highest BCUT2D eigenvalue weighted by molar-refractivity contribution is 5.92. The van der Waals surface area contributed by atoms with Crippen molar-refractivity contribution in [3.63, 3.8) is 0 Å². The van der Waals surface area contributed by atoms with E-state index in [4.69, 9.17) is 9.47 Å². The Hall–Kier alpha value is -3.35. The van der Waals surface area contributed by atoms with Gasteiger partial charge in [0.25, 0.3) is 0 Å². The Morgan fingerprint density at radius 3 is 2.59 bits per heavy atom. The average Bonchev–Trinajstić information content (AvgIpc) is 2.71. The zero-order valence-corrected chi connectivity index (χ0v) is 15.1. The summed E-state index contributed by atoms with van der Waals surface area (Å²) in [5.74, 6) is 1.18. The third-order valence-electron chi connectivity index (χ3n) is 4.88. The molecule has 0 saturated carbocycles. The van der Waals surface area contributed by atoms with Gasteiger partial charge in [-0.25, -0.2) is 14.8 Å². The van der Waals surface area contributed by atoms with Gasteiger partial charge in [0.2, 0.25) is 0 Å². The maximum atomic E-state index is 11.2. The van der Waals surface area contributed by atoms with E-state index in [0.29, 0.717) is 23.6 Å². The minimum Gasteiger partial charge on any atom is -0.493 e. The largest absolute Gasteiger partial charge is 0.493 e. The average molecular weight is 365 g/mol. The molecule has 0 amide bonds. The number of ether oxygens (including phenoxy) is 2. The molecule has 0 radical (unpaired) electrons. The quantitative estimate of drug-likeness (QED) is 0.761. The monoisotopic (exact) mass is 365 g/mol. The molecule has 1 aromatic heterocycles. The van der Waals surface area contributed by atoms with Crippen LogP contribution in [0.1, 0.15) is 21.5 Å². The Balaban J connectivity index is 1.74. The number of hydrogen-bond donors (Lipinski definition) is 1. The number of anilines is 1. The fraction of sp³-hybridized carbons (Fsp3) is 0.250. The SMILES string of the molecule is COc1cc2ncnc(N3CCc4cc(C(=O)O)ccc4C3)c2cc1OC. The molecule has 0 atom stereocenters. The van der Waals surface area contributed by atoms with Crippen molar-refractivity contribution in [2.45, 2.75) is 13.0 Å². The number of rotatable bonds is 4. The van der Waals surface area contributed by atoms with E-state index in [9.17, 15) is 9.90 Å². The minimum atomic E-state index is -0.900. The van der Waals surface area contributed by atoms with Crippen LogP contribution in [0.3, 0.4) is 0 Å². The number of aromatic nitrogens is 2. The van der Waals surface area contributed by atoms with Crippen molar-refractivity contribution in [2.75, 3.05) is 25.7 Å². The molecule has 2 heterocycles. The second kappa shape index (κ2) is 6.75. The zero-order valence-electron chi connectivity index (χ0n) is 15.1. The Bertz CT molecular complexity index is 1040. The van der Waals surface area contributed by atoms with Crippen LogP contribution in [0.4, 0.5) is 5.82 Å². The Morgan fingerprint density at radius 1 is 1.07 bits per heavy atom. The molecule has 0 saturated heterocycles. The summed E-state index contributed by atoms with van der Waals surface area (Å²) in [6, 6.07) is 9.04. The highest BCUT2D eigenvalue weighted by Gasteiger charge is 2.21. The van der Waals surface area contributed by atoms with Crippen LogP contribution < -0.4 is 14.4 Å². The molecule has 7 heteroatoms. The second-order valence-electron chi connectivity index (χ2n) is 6.38. The molecule has 7 nitrogen and oxygen atoms in total. The summed E-state index contributed by atoms with van der Waals surface area (Å²) in [7, 11) is 3.20. The lowest BCUT2D eigenvalue weighted by Gasteiger charge is -2.30. The van der Waals surface area contributed by atoms with Crippen molar-refractivity contribution in [3.05, 3.63) is 53.3 Å². The zero-order chi connectivity index (χ0) is 19.0. The maximum Gasteiger partial charge on any atom is 0.335 e. The Labute approximate surface area is 156 Å². The molecule has 1 aliphatic heterocycles. The van der Waals surface area contributed by atoms with Crippen LogP contribution in [0.5, 0.6) is 11.5 Å². The van der Waals surface area contributed by atoms with Crippen molar-refractivity contribution in [1.82, 2.24) is 9.97 Å². The van der Waals surface area contributed by atoms with Crippen molar-refractivity contribution in [1.29, 1.82) is 0 Å². The minimum absolute atomic E-state index is 0.325. The lowest BCUT2D eigenvalue weighted by atomic mass is 9.97. The van der Waals surface area contributed by atoms with Gasteiger partial charge in [-0.15, -0.1) is 0 Å². The lowest BCUT2D eigenvalue weighted by Crippen LogP contribution is -2.31. The van der Waals surface area contributed by atoms with Crippen LogP contribution in [0.15, 0.2) is 36.7 Å². The molecule has 0 bridgehead atoms. The van der Waals surface area contributed by atoms with Crippen LogP contribution in [0, 0.1) is 0 Å². The number of benzene rings is 2. The van der Waals surface area contributed by atoms with Gasteiger partial charge < -0.3 is 19.5 Å². The molecule has 1 N–H and O–H groups in total. The smallest absolute Gasteiger partial charge is 0.335 e. The fourth-order valence-corrected chi connectivity index (χ4v) is 3.49. The first-order valence-electron chi connectivity index (χ1n) is 8.57. The van der Waals surface area contributed by atoms with Gasteiger partial charge in [-0.2, -0.15) is 0 Å². The van der Waals surface area contributed by atoms with Crippen molar-refractivity contribution in [2.24, 2.45) is 0 Å². The van der Waals surface area contributed by atoms with Crippen molar-refractivity contribution < 1.29 is 19.4 Å². The van der Waals surface area contributed by atoms with E-state index in [1.165, 1.54) is 0 Å². The summed E-state index contributed by atoms with van der Waals surface area (Å²) in [5, 5.41) is 10.1. The van der Waals surface area contributed by atoms with Crippen LogP contribution in [-0.4, -0.2) is 41.8 Å². The number of hydrogen-bond acceptors (Lipinski definition) is 6. The molecule has 0 unspecified atom stereocenters. The third-order valence-corrected chi connectivity index (χ3v) is 4.88. The van der Waals surface area contributed by atoms with E-state index in [0.717, 1.165) is 40.8 Å². The Kier molecular flexibility index (Phi) is 4.27. The van der Waals surface area contributed by atoms with Gasteiger partial charge in [-0.05, 0) is 35.7 Å². The van der Waals surface area contributed by atoms with E-state index in [-0.39, 0.29) is 0 Å². The molecular formula is C20H19N3O4. The number of fused-ring (bicyclic) bond motifs is 2. The molecule has 0 spiro atoms. The molecule has 4 rings (SSSR count). The predicted molar refractivity (Wildman–Crippen MR) is 101 cm³/mol. The molecular weight excluding hydrogens is 346 g/mol. The molecule has 27 heavy (non-hydrogen) atoms. The number of nitrogens with zero attached hydrogens (tertiary/aromatic N) is 3. The van der Waals surface area contributed by atoms with Gasteiger partial charge in [-0.1, -0.05) is 6.07 Å². The van der Waals surface area contributed by atoms with Gasteiger partial charge in [0, 0.05) is 24.5 Å². The second-order valence-corrected chi connectivity index (χ2v) is 6.38. The number of aromatic carboxylic acids is 1. The highest BCUT2D eigenvalue weighted by Crippen LogP contribution is 2.36. The molecule has 0 aliphatic carbocycles. The topological polar surface area (TPSA) is 84.8 Å². The van der Waals surface area contributed by atoms with E-state index < -0.39 is 5.97 Å². The molecule has 1 aliphatic rings. The van der Waals surface area contributed by atoms with Crippen LogP contribution in [0.2, 0.25) is 0 Å². The van der Waals surface area contributed by atoms with Crippen molar-refractivity contribution in [3.8, 4) is 11.5 Å². The van der Waals surface area contributed by atoms with E-state index in [1.54, 1.807) is 32.7 Å². The lowest BCUT2D eigenvalue weighted by molar-refractivity contribution is 0.0696. The van der Waals surface area contributed by atoms with E-state index >= 15 is 0 Å². The summed E-state index contributed by atoms with van der Waals surface area (Å²) in [4.78, 5) is 22.2. The van der Waals surface area contributed by atoms with Crippen LogP contribution >= 0.6 is 0 Å². The first-order valence-corrected chi connectivity index (χ1v) is 8.57. The summed E-state index contributed by atoms with van der Waals surface area (Å²) in [5.41, 5.74) is 3.29. The number of methoxy groups -OCH3 is 2. The molecule has 3 aromatic rings. The number of carbonyl (C=O) groups is 1.